The molecule has 29 heavy (non-hydrogen) atoms. The molecule has 1 aromatic carbocycles. The normalized spacial score (nSPS) is 23.3. The van der Waals surface area contributed by atoms with E-state index in [9.17, 15) is 4.39 Å². The summed E-state index contributed by atoms with van der Waals surface area (Å²) >= 11 is 5.10. The molecular formula is C22H19BrFN3OS. The van der Waals surface area contributed by atoms with Crippen molar-refractivity contribution in [3.63, 3.8) is 0 Å². The van der Waals surface area contributed by atoms with Gasteiger partial charge in [-0.15, -0.1) is 0 Å². The number of furan rings is 1. The summed E-state index contributed by atoms with van der Waals surface area (Å²) in [6.45, 7) is 2.20. The van der Waals surface area contributed by atoms with E-state index < -0.39 is 0 Å². The fraction of sp³-hybridized carbons (Fsp3) is 0.273. The van der Waals surface area contributed by atoms with Crippen molar-refractivity contribution in [3.8, 4) is 11.3 Å². The van der Waals surface area contributed by atoms with Gasteiger partial charge in [0.25, 0.3) is 0 Å². The zero-order valence-electron chi connectivity index (χ0n) is 15.8. The van der Waals surface area contributed by atoms with E-state index in [-0.39, 0.29) is 17.9 Å². The van der Waals surface area contributed by atoms with Gasteiger partial charge in [-0.25, -0.2) is 9.38 Å². The van der Waals surface area contributed by atoms with Gasteiger partial charge in [0.15, 0.2) is 5.17 Å². The lowest BCUT2D eigenvalue weighted by Gasteiger charge is -2.30. The van der Waals surface area contributed by atoms with Gasteiger partial charge in [-0.3, -0.25) is 4.98 Å². The maximum atomic E-state index is 14.5. The first-order valence-electron chi connectivity index (χ1n) is 9.60. The highest BCUT2D eigenvalue weighted by molar-refractivity contribution is 9.10. The number of aliphatic imine (C=N–C) groups is 1. The van der Waals surface area contributed by atoms with E-state index in [1.807, 2.05) is 36.4 Å². The quantitative estimate of drug-likeness (QED) is 0.452. The maximum Gasteiger partial charge on any atom is 0.161 e. The molecule has 0 aliphatic carbocycles. The molecule has 0 unspecified atom stereocenters. The monoisotopic (exact) mass is 471 g/mol. The van der Waals surface area contributed by atoms with E-state index in [1.54, 1.807) is 24.0 Å². The summed E-state index contributed by atoms with van der Waals surface area (Å²) in [4.78, 5) is 11.9. The van der Waals surface area contributed by atoms with Crippen molar-refractivity contribution in [2.24, 2.45) is 4.99 Å². The lowest BCUT2D eigenvalue weighted by Crippen LogP contribution is -2.35. The minimum atomic E-state index is -0.312. The maximum absolute atomic E-state index is 14.5. The van der Waals surface area contributed by atoms with Crippen molar-refractivity contribution in [2.45, 2.75) is 31.5 Å². The number of rotatable bonds is 4. The second-order valence-electron chi connectivity index (χ2n) is 7.16. The van der Waals surface area contributed by atoms with Gasteiger partial charge in [0.05, 0.1) is 11.3 Å². The highest BCUT2D eigenvalue weighted by Gasteiger charge is 2.46. The average molecular weight is 472 g/mol. The first-order chi connectivity index (χ1) is 14.2. The van der Waals surface area contributed by atoms with Crippen LogP contribution < -0.4 is 0 Å². The van der Waals surface area contributed by atoms with Gasteiger partial charge in [-0.05, 0) is 48.9 Å². The molecule has 2 aliphatic heterocycles. The van der Waals surface area contributed by atoms with Crippen LogP contribution in [0.2, 0.25) is 0 Å². The van der Waals surface area contributed by atoms with E-state index in [2.05, 4.69) is 32.7 Å². The van der Waals surface area contributed by atoms with Crippen molar-refractivity contribution < 1.29 is 8.81 Å². The molecule has 1 saturated heterocycles. The van der Waals surface area contributed by atoms with Crippen LogP contribution in [0.5, 0.6) is 0 Å². The van der Waals surface area contributed by atoms with Crippen LogP contribution in [0.25, 0.3) is 11.3 Å². The van der Waals surface area contributed by atoms with E-state index in [4.69, 9.17) is 9.41 Å². The zero-order valence-corrected chi connectivity index (χ0v) is 18.2. The molecule has 0 spiro atoms. The Bertz CT molecular complexity index is 1070. The van der Waals surface area contributed by atoms with Gasteiger partial charge in [-0.2, -0.15) is 0 Å². The lowest BCUT2D eigenvalue weighted by molar-refractivity contribution is 0.226. The van der Waals surface area contributed by atoms with Crippen LogP contribution in [0.3, 0.4) is 0 Å². The number of fused-ring (bicyclic) bond motifs is 1. The van der Waals surface area contributed by atoms with Crippen LogP contribution in [0.15, 0.2) is 68.6 Å². The van der Waals surface area contributed by atoms with Crippen molar-refractivity contribution in [3.05, 3.63) is 76.5 Å². The Morgan fingerprint density at radius 1 is 1.24 bits per heavy atom. The SMILES string of the molecule is CC[C@@H]1CSC2=N[C@@H](c3ccccn3)[C@@H](c3ccc(-c4ccc(Br)cc4F)o3)N21. The highest BCUT2D eigenvalue weighted by Crippen LogP contribution is 2.49. The molecule has 3 aromatic rings. The number of thioether (sulfide) groups is 1. The van der Waals surface area contributed by atoms with Crippen LogP contribution in [0, 0.1) is 5.82 Å². The first-order valence-corrected chi connectivity index (χ1v) is 11.4. The second kappa shape index (κ2) is 7.61. The topological polar surface area (TPSA) is 41.6 Å². The molecule has 0 amide bonds. The third-order valence-corrected chi connectivity index (χ3v) is 7.06. The molecule has 2 aromatic heterocycles. The van der Waals surface area contributed by atoms with Gasteiger partial charge in [0.1, 0.15) is 29.4 Å². The number of aromatic nitrogens is 1. The van der Waals surface area contributed by atoms with Gasteiger partial charge in [-0.1, -0.05) is 40.7 Å². The van der Waals surface area contributed by atoms with Crippen LogP contribution in [0.1, 0.15) is 36.9 Å². The Morgan fingerprint density at radius 3 is 2.90 bits per heavy atom. The van der Waals surface area contributed by atoms with E-state index in [0.717, 1.165) is 28.8 Å². The Morgan fingerprint density at radius 2 is 2.14 bits per heavy atom. The van der Waals surface area contributed by atoms with Gasteiger partial charge in [0, 0.05) is 22.5 Å². The molecule has 4 nitrogen and oxygen atoms in total. The fourth-order valence-electron chi connectivity index (χ4n) is 4.01. The van der Waals surface area contributed by atoms with Gasteiger partial charge in [0.2, 0.25) is 0 Å². The number of hydrogen-bond acceptors (Lipinski definition) is 5. The summed E-state index contributed by atoms with van der Waals surface area (Å²) in [6, 6.07) is 14.9. The van der Waals surface area contributed by atoms with Gasteiger partial charge >= 0.3 is 0 Å². The number of nitrogens with zero attached hydrogens (tertiary/aromatic N) is 3. The molecule has 0 bridgehead atoms. The molecule has 0 saturated carbocycles. The van der Waals surface area contributed by atoms with Gasteiger partial charge < -0.3 is 9.32 Å². The summed E-state index contributed by atoms with van der Waals surface area (Å²) in [5.74, 6) is 2.03. The van der Waals surface area contributed by atoms with Crippen molar-refractivity contribution in [1.82, 2.24) is 9.88 Å². The molecule has 148 valence electrons. The number of halogens is 2. The molecule has 0 radical (unpaired) electrons. The molecule has 2 aliphatic rings. The molecular weight excluding hydrogens is 453 g/mol. The number of pyridine rings is 1. The van der Waals surface area contributed by atoms with E-state index >= 15 is 0 Å². The smallest absolute Gasteiger partial charge is 0.161 e. The summed E-state index contributed by atoms with van der Waals surface area (Å²) in [6.07, 6.45) is 2.83. The first kappa shape index (κ1) is 18.9. The standard InChI is InChI=1S/C22H19BrFN3OS/c1-2-14-12-29-22-26-20(17-5-3-4-10-25-17)21(27(14)22)19-9-8-18(28-19)15-7-6-13(23)11-16(15)24/h3-11,14,20-21H,2,12H2,1H3/t14-,20+,21-/m1/s1. The Balaban J connectivity index is 1.56. The Labute approximate surface area is 181 Å². The largest absolute Gasteiger partial charge is 0.459 e. The summed E-state index contributed by atoms with van der Waals surface area (Å²) in [5, 5.41) is 1.05. The molecule has 5 rings (SSSR count). The third-order valence-electron chi connectivity index (χ3n) is 5.44. The fourth-order valence-corrected chi connectivity index (χ4v) is 5.68. The van der Waals surface area contributed by atoms with E-state index in [1.165, 1.54) is 6.07 Å². The highest BCUT2D eigenvalue weighted by atomic mass is 79.9. The van der Waals surface area contributed by atoms with Crippen LogP contribution in [-0.2, 0) is 0 Å². The minimum absolute atomic E-state index is 0.0768. The molecule has 4 heterocycles. The number of hydrogen-bond donors (Lipinski definition) is 0. The summed E-state index contributed by atoms with van der Waals surface area (Å²) < 4.78 is 21.4. The molecule has 3 atom stereocenters. The predicted molar refractivity (Wildman–Crippen MR) is 117 cm³/mol. The lowest BCUT2D eigenvalue weighted by atomic mass is 10.0. The number of benzene rings is 1. The molecule has 0 N–H and O–H groups in total. The Hall–Kier alpha value is -2.12. The van der Waals surface area contributed by atoms with E-state index in [0.29, 0.717) is 21.8 Å². The predicted octanol–water partition coefficient (Wildman–Crippen LogP) is 6.22. The van der Waals surface area contributed by atoms with Crippen LogP contribution in [0.4, 0.5) is 4.39 Å². The van der Waals surface area contributed by atoms with Crippen molar-refractivity contribution >= 4 is 32.9 Å². The summed E-state index contributed by atoms with van der Waals surface area (Å²) in [5.41, 5.74) is 1.37. The molecule has 7 heteroatoms. The van der Waals surface area contributed by atoms with Crippen LogP contribution >= 0.6 is 27.7 Å². The third kappa shape index (κ3) is 3.30. The minimum Gasteiger partial charge on any atom is -0.459 e. The number of amidine groups is 1. The summed E-state index contributed by atoms with van der Waals surface area (Å²) in [7, 11) is 0. The Kier molecular flexibility index (Phi) is 4.95. The van der Waals surface area contributed by atoms with Crippen LogP contribution in [-0.4, -0.2) is 26.8 Å². The average Bonchev–Trinajstić information content (AvgIpc) is 3.43. The zero-order chi connectivity index (χ0) is 20.0. The van der Waals surface area contributed by atoms with Crippen molar-refractivity contribution in [2.75, 3.05) is 5.75 Å². The second-order valence-corrected chi connectivity index (χ2v) is 9.07. The molecule has 1 fully saturated rings. The van der Waals surface area contributed by atoms with Crippen molar-refractivity contribution in [1.29, 1.82) is 0 Å².